The fourth-order valence-electron chi connectivity index (χ4n) is 3.04. The van der Waals surface area contributed by atoms with Crippen LogP contribution in [-0.2, 0) is 6.54 Å². The Morgan fingerprint density at radius 2 is 1.70 bits per heavy atom. The molecule has 4 rings (SSSR count). The predicted octanol–water partition coefficient (Wildman–Crippen LogP) is 3.94. The SMILES string of the molecule is CN(Cc1cnn(-c2ccccc2)c1)C(=O)c1cccc(-n2cccc2)c1. The molecule has 2 aromatic heterocycles. The second-order valence-corrected chi connectivity index (χ2v) is 6.43. The number of rotatable bonds is 5. The molecule has 0 radical (unpaired) electrons. The molecule has 0 fully saturated rings. The highest BCUT2D eigenvalue weighted by molar-refractivity contribution is 5.94. The highest BCUT2D eigenvalue weighted by Gasteiger charge is 2.14. The number of nitrogens with zero attached hydrogens (tertiary/aromatic N) is 4. The molecule has 1 amide bonds. The lowest BCUT2D eigenvalue weighted by molar-refractivity contribution is 0.0785. The summed E-state index contributed by atoms with van der Waals surface area (Å²) in [5.74, 6) is -0.0172. The Kier molecular flexibility index (Phi) is 4.58. The molecule has 2 heterocycles. The quantitative estimate of drug-likeness (QED) is 0.544. The van der Waals surface area contributed by atoms with E-state index >= 15 is 0 Å². The minimum Gasteiger partial charge on any atom is -0.337 e. The zero-order valence-electron chi connectivity index (χ0n) is 15.1. The van der Waals surface area contributed by atoms with Crippen LogP contribution in [-0.4, -0.2) is 32.2 Å². The van der Waals surface area contributed by atoms with E-state index in [2.05, 4.69) is 5.10 Å². The third kappa shape index (κ3) is 3.67. The summed E-state index contributed by atoms with van der Waals surface area (Å²) in [6, 6.07) is 21.5. The second-order valence-electron chi connectivity index (χ2n) is 6.43. The third-order valence-electron chi connectivity index (χ3n) is 4.42. The standard InChI is InChI=1S/C22H20N4O/c1-24(16-18-15-23-26(17-18)20-9-3-2-4-10-20)22(27)19-8-7-11-21(14-19)25-12-5-6-13-25/h2-15,17H,16H2,1H3. The van der Waals surface area contributed by atoms with Gasteiger partial charge in [0.15, 0.2) is 0 Å². The zero-order valence-corrected chi connectivity index (χ0v) is 15.1. The Labute approximate surface area is 158 Å². The summed E-state index contributed by atoms with van der Waals surface area (Å²) >= 11 is 0. The van der Waals surface area contributed by atoms with Crippen molar-refractivity contribution in [1.82, 2.24) is 19.2 Å². The number of aromatic nitrogens is 3. The maximum atomic E-state index is 12.8. The molecule has 2 aromatic carbocycles. The van der Waals surface area contributed by atoms with Crippen molar-refractivity contribution < 1.29 is 4.79 Å². The van der Waals surface area contributed by atoms with E-state index < -0.39 is 0 Å². The normalized spacial score (nSPS) is 10.7. The number of carbonyl (C=O) groups is 1. The van der Waals surface area contributed by atoms with E-state index in [4.69, 9.17) is 0 Å². The molecule has 0 saturated heterocycles. The summed E-state index contributed by atoms with van der Waals surface area (Å²) < 4.78 is 3.81. The van der Waals surface area contributed by atoms with Gasteiger partial charge in [-0.05, 0) is 42.5 Å². The average molecular weight is 356 g/mol. The molecule has 5 heteroatoms. The molecule has 0 saturated carbocycles. The molecule has 0 atom stereocenters. The minimum absolute atomic E-state index is 0.0172. The van der Waals surface area contributed by atoms with E-state index in [1.54, 1.807) is 11.1 Å². The molecular weight excluding hydrogens is 336 g/mol. The Morgan fingerprint density at radius 3 is 2.48 bits per heavy atom. The van der Waals surface area contributed by atoms with Gasteiger partial charge in [-0.25, -0.2) is 4.68 Å². The van der Waals surface area contributed by atoms with E-state index in [0.717, 1.165) is 16.9 Å². The molecule has 0 N–H and O–H groups in total. The van der Waals surface area contributed by atoms with Gasteiger partial charge in [0.25, 0.3) is 5.91 Å². The lowest BCUT2D eigenvalue weighted by atomic mass is 10.1. The molecule has 0 aliphatic heterocycles. The van der Waals surface area contributed by atoms with E-state index in [9.17, 15) is 4.79 Å². The number of hydrogen-bond acceptors (Lipinski definition) is 2. The second kappa shape index (κ2) is 7.33. The van der Waals surface area contributed by atoms with Crippen LogP contribution in [0.5, 0.6) is 0 Å². The van der Waals surface area contributed by atoms with Crippen molar-refractivity contribution in [2.24, 2.45) is 0 Å². The van der Waals surface area contributed by atoms with Crippen LogP contribution in [0.15, 0.2) is 91.5 Å². The van der Waals surface area contributed by atoms with Crippen molar-refractivity contribution in [3.05, 3.63) is 103 Å². The fourth-order valence-corrected chi connectivity index (χ4v) is 3.04. The van der Waals surface area contributed by atoms with Crippen LogP contribution < -0.4 is 0 Å². The monoisotopic (exact) mass is 356 g/mol. The van der Waals surface area contributed by atoms with Crippen LogP contribution >= 0.6 is 0 Å². The van der Waals surface area contributed by atoms with Crippen molar-refractivity contribution in [2.75, 3.05) is 7.05 Å². The summed E-state index contributed by atoms with van der Waals surface area (Å²) in [7, 11) is 1.81. The Balaban J connectivity index is 1.49. The van der Waals surface area contributed by atoms with Crippen LogP contribution in [0.4, 0.5) is 0 Å². The first-order valence-corrected chi connectivity index (χ1v) is 8.78. The maximum Gasteiger partial charge on any atom is 0.253 e. The van der Waals surface area contributed by atoms with E-state index in [1.807, 2.05) is 102 Å². The third-order valence-corrected chi connectivity index (χ3v) is 4.42. The molecule has 0 bridgehead atoms. The number of amides is 1. The van der Waals surface area contributed by atoms with Gasteiger partial charge in [0.2, 0.25) is 0 Å². The van der Waals surface area contributed by atoms with Crippen LogP contribution in [0.3, 0.4) is 0 Å². The van der Waals surface area contributed by atoms with Gasteiger partial charge in [0.05, 0.1) is 11.9 Å². The highest BCUT2D eigenvalue weighted by atomic mass is 16.2. The molecule has 0 spiro atoms. The highest BCUT2D eigenvalue weighted by Crippen LogP contribution is 2.14. The van der Waals surface area contributed by atoms with Gasteiger partial charge in [0, 0.05) is 49.0 Å². The molecule has 0 aliphatic carbocycles. The van der Waals surface area contributed by atoms with Crippen molar-refractivity contribution in [1.29, 1.82) is 0 Å². The molecule has 0 aliphatic rings. The van der Waals surface area contributed by atoms with Crippen LogP contribution in [0.1, 0.15) is 15.9 Å². The van der Waals surface area contributed by atoms with Crippen molar-refractivity contribution in [2.45, 2.75) is 6.54 Å². The summed E-state index contributed by atoms with van der Waals surface area (Å²) in [5.41, 5.74) is 3.61. The van der Waals surface area contributed by atoms with Crippen molar-refractivity contribution in [3.8, 4) is 11.4 Å². The first kappa shape index (κ1) is 16.8. The lowest BCUT2D eigenvalue weighted by Crippen LogP contribution is -2.26. The van der Waals surface area contributed by atoms with Crippen LogP contribution in [0.2, 0.25) is 0 Å². The van der Waals surface area contributed by atoms with Gasteiger partial charge in [-0.1, -0.05) is 24.3 Å². The Bertz CT molecular complexity index is 1040. The van der Waals surface area contributed by atoms with Gasteiger partial charge < -0.3 is 9.47 Å². The first-order chi connectivity index (χ1) is 13.2. The molecule has 5 nitrogen and oxygen atoms in total. The van der Waals surface area contributed by atoms with Crippen LogP contribution in [0, 0.1) is 0 Å². The number of hydrogen-bond donors (Lipinski definition) is 0. The summed E-state index contributed by atoms with van der Waals surface area (Å²) in [5, 5.41) is 4.39. The molecular formula is C22H20N4O. The maximum absolute atomic E-state index is 12.8. The Morgan fingerprint density at radius 1 is 0.963 bits per heavy atom. The summed E-state index contributed by atoms with van der Waals surface area (Å²) in [6.45, 7) is 0.499. The van der Waals surface area contributed by atoms with E-state index in [1.165, 1.54) is 0 Å². The molecule has 0 unspecified atom stereocenters. The van der Waals surface area contributed by atoms with Gasteiger partial charge in [-0.3, -0.25) is 4.79 Å². The number of para-hydroxylation sites is 1. The summed E-state index contributed by atoms with van der Waals surface area (Å²) in [6.07, 6.45) is 7.68. The van der Waals surface area contributed by atoms with E-state index in [0.29, 0.717) is 12.1 Å². The van der Waals surface area contributed by atoms with Crippen molar-refractivity contribution >= 4 is 5.91 Å². The van der Waals surface area contributed by atoms with E-state index in [-0.39, 0.29) is 5.91 Å². The zero-order chi connectivity index (χ0) is 18.6. The molecule has 134 valence electrons. The minimum atomic E-state index is -0.0172. The van der Waals surface area contributed by atoms with Gasteiger partial charge in [0.1, 0.15) is 0 Å². The Hall–Kier alpha value is -3.60. The predicted molar refractivity (Wildman–Crippen MR) is 105 cm³/mol. The topological polar surface area (TPSA) is 43.1 Å². The fraction of sp³-hybridized carbons (Fsp3) is 0.0909. The summed E-state index contributed by atoms with van der Waals surface area (Å²) in [4.78, 5) is 14.5. The lowest BCUT2D eigenvalue weighted by Gasteiger charge is -2.17. The van der Waals surface area contributed by atoms with Gasteiger partial charge in [-0.2, -0.15) is 5.10 Å². The molecule has 27 heavy (non-hydrogen) atoms. The van der Waals surface area contributed by atoms with Crippen LogP contribution in [0.25, 0.3) is 11.4 Å². The smallest absolute Gasteiger partial charge is 0.253 e. The van der Waals surface area contributed by atoms with Gasteiger partial charge >= 0.3 is 0 Å². The van der Waals surface area contributed by atoms with Crippen molar-refractivity contribution in [3.63, 3.8) is 0 Å². The largest absolute Gasteiger partial charge is 0.337 e. The van der Waals surface area contributed by atoms with Gasteiger partial charge in [-0.15, -0.1) is 0 Å². The first-order valence-electron chi connectivity index (χ1n) is 8.78. The number of carbonyl (C=O) groups excluding carboxylic acids is 1. The number of benzene rings is 2. The molecule has 4 aromatic rings. The average Bonchev–Trinajstić information content (AvgIpc) is 3.40.